The number of hydrogen-bond acceptors (Lipinski definition) is 0. The fourth-order valence-electron chi connectivity index (χ4n) is 10.7. The molecular weight excluding hydrogens is 448 g/mol. The molecule has 0 aromatic heterocycles. The molecule has 0 aliphatic heterocycles. The Kier molecular flexibility index (Phi) is 3.90. The van der Waals surface area contributed by atoms with Crippen LogP contribution in [-0.4, -0.2) is 8.65 Å². The highest BCUT2D eigenvalue weighted by Crippen LogP contribution is 2.72. The molecule has 0 aromatic rings. The standard InChI is InChI=1S/C13H21Br.C11H17Br/c1-10-4-11(2)6-12(3,5-10)9-13(14,7-10)8-11;1-10-3-8-2-9(4-10)6-11(12,5-8)7-10/h4-9H2,1-3H3;8-9H,2-7H2,1H3. The van der Waals surface area contributed by atoms with Gasteiger partial charge in [0.15, 0.2) is 0 Å². The summed E-state index contributed by atoms with van der Waals surface area (Å²) < 4.78 is 1.08. The summed E-state index contributed by atoms with van der Waals surface area (Å²) in [5.41, 5.74) is 2.64. The predicted octanol–water partition coefficient (Wildman–Crippen LogP) is 8.26. The first kappa shape index (κ1) is 19.0. The molecule has 2 atom stereocenters. The van der Waals surface area contributed by atoms with Crippen molar-refractivity contribution in [3.05, 3.63) is 0 Å². The Balaban J connectivity index is 0.000000117. The Labute approximate surface area is 178 Å². The lowest BCUT2D eigenvalue weighted by Crippen LogP contribution is -2.59. The average molecular weight is 486 g/mol. The maximum Gasteiger partial charge on any atom is 0.0273 e. The van der Waals surface area contributed by atoms with E-state index in [1.807, 2.05) is 0 Å². The molecule has 8 rings (SSSR count). The summed E-state index contributed by atoms with van der Waals surface area (Å²) in [5.74, 6) is 2.13. The minimum atomic E-state index is 0.500. The number of hydrogen-bond donors (Lipinski definition) is 0. The Morgan fingerprint density at radius 2 is 0.885 bits per heavy atom. The van der Waals surface area contributed by atoms with Crippen molar-refractivity contribution in [1.82, 2.24) is 0 Å². The molecule has 0 spiro atoms. The van der Waals surface area contributed by atoms with Crippen LogP contribution in [0.3, 0.4) is 0 Å². The van der Waals surface area contributed by atoms with Gasteiger partial charge in [-0.15, -0.1) is 0 Å². The van der Waals surface area contributed by atoms with Crippen LogP contribution in [0.5, 0.6) is 0 Å². The summed E-state index contributed by atoms with van der Waals surface area (Å²) in [4.78, 5) is 0. The molecule has 8 saturated carbocycles. The van der Waals surface area contributed by atoms with Crippen molar-refractivity contribution < 1.29 is 0 Å². The quantitative estimate of drug-likeness (QED) is 0.303. The number of alkyl halides is 2. The van der Waals surface area contributed by atoms with E-state index in [0.717, 1.165) is 11.8 Å². The summed E-state index contributed by atoms with van der Waals surface area (Å²) in [6, 6.07) is 0. The summed E-state index contributed by atoms with van der Waals surface area (Å²) in [6.07, 6.45) is 17.7. The molecule has 0 saturated heterocycles. The predicted molar refractivity (Wildman–Crippen MR) is 118 cm³/mol. The van der Waals surface area contributed by atoms with Crippen molar-refractivity contribution in [2.45, 2.75) is 113 Å². The van der Waals surface area contributed by atoms with Crippen molar-refractivity contribution in [2.75, 3.05) is 0 Å². The molecule has 0 nitrogen and oxygen atoms in total. The fourth-order valence-corrected chi connectivity index (χ4v) is 14.4. The van der Waals surface area contributed by atoms with E-state index in [0.29, 0.717) is 30.3 Å². The highest BCUT2D eigenvalue weighted by molar-refractivity contribution is 9.10. The second-order valence-electron chi connectivity index (χ2n) is 13.6. The molecule has 8 bridgehead atoms. The molecule has 0 heterocycles. The summed E-state index contributed by atoms with van der Waals surface area (Å²) in [5, 5.41) is 0. The molecule has 0 N–H and O–H groups in total. The van der Waals surface area contributed by atoms with Crippen LogP contribution in [0.2, 0.25) is 0 Å². The van der Waals surface area contributed by atoms with Gasteiger partial charge < -0.3 is 0 Å². The van der Waals surface area contributed by atoms with Gasteiger partial charge in [0.2, 0.25) is 0 Å². The van der Waals surface area contributed by atoms with Crippen LogP contribution in [0.4, 0.5) is 0 Å². The molecule has 2 heteroatoms. The lowest BCUT2D eigenvalue weighted by Gasteiger charge is -2.67. The Morgan fingerprint density at radius 1 is 0.500 bits per heavy atom. The van der Waals surface area contributed by atoms with E-state index in [1.165, 1.54) is 70.6 Å². The molecule has 2 unspecified atom stereocenters. The van der Waals surface area contributed by atoms with Crippen molar-refractivity contribution in [3.8, 4) is 0 Å². The molecule has 8 fully saturated rings. The van der Waals surface area contributed by atoms with Gasteiger partial charge in [0, 0.05) is 8.65 Å². The van der Waals surface area contributed by atoms with Gasteiger partial charge in [-0.2, -0.15) is 0 Å². The molecular formula is C24H38Br2. The van der Waals surface area contributed by atoms with Gasteiger partial charge in [-0.3, -0.25) is 0 Å². The third kappa shape index (κ3) is 3.20. The van der Waals surface area contributed by atoms with E-state index in [1.54, 1.807) is 6.42 Å². The largest absolute Gasteiger partial charge is 0.0853 e. The first-order valence-corrected chi connectivity index (χ1v) is 12.8. The summed E-state index contributed by atoms with van der Waals surface area (Å²) in [6.45, 7) is 10.1. The highest BCUT2D eigenvalue weighted by Gasteiger charge is 2.63. The average Bonchev–Trinajstić information content (AvgIpc) is 2.25. The van der Waals surface area contributed by atoms with Crippen LogP contribution in [-0.2, 0) is 0 Å². The van der Waals surface area contributed by atoms with E-state index < -0.39 is 0 Å². The Morgan fingerprint density at radius 3 is 1.19 bits per heavy atom. The van der Waals surface area contributed by atoms with Crippen LogP contribution in [0.15, 0.2) is 0 Å². The molecule has 0 aromatic carbocycles. The van der Waals surface area contributed by atoms with Crippen molar-refractivity contribution in [2.24, 2.45) is 33.5 Å². The van der Waals surface area contributed by atoms with Crippen LogP contribution < -0.4 is 0 Å². The second-order valence-corrected chi connectivity index (χ2v) is 16.9. The lowest BCUT2D eigenvalue weighted by molar-refractivity contribution is -0.121. The smallest absolute Gasteiger partial charge is 0.0273 e. The zero-order valence-corrected chi connectivity index (χ0v) is 20.6. The third-order valence-corrected chi connectivity index (χ3v) is 10.8. The second kappa shape index (κ2) is 5.35. The first-order valence-electron chi connectivity index (χ1n) is 11.2. The van der Waals surface area contributed by atoms with Gasteiger partial charge in [0.25, 0.3) is 0 Å². The van der Waals surface area contributed by atoms with Gasteiger partial charge in [-0.25, -0.2) is 0 Å². The van der Waals surface area contributed by atoms with Gasteiger partial charge in [-0.1, -0.05) is 59.6 Å². The highest BCUT2D eigenvalue weighted by atomic mass is 79.9. The molecule has 26 heavy (non-hydrogen) atoms. The van der Waals surface area contributed by atoms with Crippen LogP contribution in [0.1, 0.15) is 105 Å². The minimum Gasteiger partial charge on any atom is -0.0853 e. The molecule has 8 aliphatic rings. The van der Waals surface area contributed by atoms with E-state index in [-0.39, 0.29) is 0 Å². The Hall–Kier alpha value is 0.960. The minimum absolute atomic E-state index is 0.500. The lowest BCUT2D eigenvalue weighted by atomic mass is 9.41. The molecule has 0 amide bonds. The zero-order valence-electron chi connectivity index (χ0n) is 17.4. The van der Waals surface area contributed by atoms with Gasteiger partial charge >= 0.3 is 0 Å². The SMILES string of the molecule is CC12CC3(C)CC(C)(C1)CC(Br)(C2)C3.CC12CC3CC(C1)CC(Br)(C3)C2. The van der Waals surface area contributed by atoms with Crippen molar-refractivity contribution in [1.29, 1.82) is 0 Å². The van der Waals surface area contributed by atoms with Crippen molar-refractivity contribution >= 4 is 31.9 Å². The normalized spacial score (nSPS) is 64.4. The molecule has 8 aliphatic carbocycles. The van der Waals surface area contributed by atoms with Crippen LogP contribution >= 0.6 is 31.9 Å². The monoisotopic (exact) mass is 484 g/mol. The summed E-state index contributed by atoms with van der Waals surface area (Å²) >= 11 is 8.06. The number of rotatable bonds is 0. The molecule has 0 radical (unpaired) electrons. The number of halogens is 2. The van der Waals surface area contributed by atoms with E-state index in [4.69, 9.17) is 0 Å². The molecule has 148 valence electrons. The Bertz CT molecular complexity index is 492. The van der Waals surface area contributed by atoms with E-state index in [9.17, 15) is 0 Å². The zero-order chi connectivity index (χ0) is 18.6. The maximum absolute atomic E-state index is 4.06. The van der Waals surface area contributed by atoms with Gasteiger partial charge in [0.1, 0.15) is 0 Å². The summed E-state index contributed by atoms with van der Waals surface area (Å²) in [7, 11) is 0. The maximum atomic E-state index is 4.06. The first-order chi connectivity index (χ1) is 11.8. The topological polar surface area (TPSA) is 0 Å². The third-order valence-electron chi connectivity index (χ3n) is 9.07. The van der Waals surface area contributed by atoms with E-state index in [2.05, 4.69) is 59.6 Å². The van der Waals surface area contributed by atoms with Crippen LogP contribution in [0.25, 0.3) is 0 Å². The van der Waals surface area contributed by atoms with Crippen LogP contribution in [0, 0.1) is 33.5 Å². The van der Waals surface area contributed by atoms with E-state index >= 15 is 0 Å². The van der Waals surface area contributed by atoms with Gasteiger partial charge in [-0.05, 0) is 111 Å². The van der Waals surface area contributed by atoms with Gasteiger partial charge in [0.05, 0.1) is 0 Å². The van der Waals surface area contributed by atoms with Crippen molar-refractivity contribution in [3.63, 3.8) is 0 Å². The fraction of sp³-hybridized carbons (Fsp3) is 1.00.